The molecule has 144 valence electrons. The third-order valence-corrected chi connectivity index (χ3v) is 5.88. The lowest BCUT2D eigenvalue weighted by Gasteiger charge is -2.31. The number of ether oxygens (including phenoxy) is 1. The fourth-order valence-electron chi connectivity index (χ4n) is 4.17. The van der Waals surface area contributed by atoms with Gasteiger partial charge in [-0.25, -0.2) is 4.79 Å². The number of carboxylic acid groups (broad SMARTS) is 1. The molecule has 4 rings (SSSR count). The normalized spacial score (nSPS) is 22.1. The quantitative estimate of drug-likeness (QED) is 0.859. The minimum Gasteiger partial charge on any atom is -0.487 e. The Morgan fingerprint density at radius 3 is 2.74 bits per heavy atom. The highest BCUT2D eigenvalue weighted by molar-refractivity contribution is 5.97. The van der Waals surface area contributed by atoms with E-state index in [1.165, 1.54) is 6.20 Å². The number of benzene rings is 1. The Balaban J connectivity index is 1.88. The van der Waals surface area contributed by atoms with Crippen molar-refractivity contribution in [3.8, 4) is 5.75 Å². The average Bonchev–Trinajstić information content (AvgIpc) is 3.09. The van der Waals surface area contributed by atoms with E-state index in [0.29, 0.717) is 29.2 Å². The predicted octanol–water partition coefficient (Wildman–Crippen LogP) is 2.22. The van der Waals surface area contributed by atoms with Crippen LogP contribution >= 0.6 is 0 Å². The number of carbonyl (C=O) groups is 1. The van der Waals surface area contributed by atoms with Crippen LogP contribution in [0.25, 0.3) is 10.9 Å². The van der Waals surface area contributed by atoms with E-state index in [-0.39, 0.29) is 17.1 Å². The van der Waals surface area contributed by atoms with E-state index >= 15 is 0 Å². The van der Waals surface area contributed by atoms with Gasteiger partial charge in [0.05, 0.1) is 22.6 Å². The third kappa shape index (κ3) is 2.77. The van der Waals surface area contributed by atoms with Crippen LogP contribution in [0.3, 0.4) is 0 Å². The second-order valence-electron chi connectivity index (χ2n) is 8.31. The number of nitrogens with two attached hydrogens (primary N) is 1. The number of nitrogens with zero attached hydrogens (tertiary/aromatic N) is 2. The Hall–Kier alpha value is -2.54. The summed E-state index contributed by atoms with van der Waals surface area (Å²) in [7, 11) is 0. The molecule has 1 saturated heterocycles. The number of hydrogen-bond acceptors (Lipinski definition) is 5. The fraction of sp³-hybridized carbons (Fsp3) is 0.500. The van der Waals surface area contributed by atoms with Crippen LogP contribution < -0.4 is 20.8 Å². The average molecular weight is 371 g/mol. The molecule has 0 unspecified atom stereocenters. The Kier molecular flexibility index (Phi) is 3.96. The lowest BCUT2D eigenvalue weighted by atomic mass is 9.88. The van der Waals surface area contributed by atoms with Crippen molar-refractivity contribution in [3.05, 3.63) is 34.1 Å². The summed E-state index contributed by atoms with van der Waals surface area (Å²) in [5.74, 6) is -0.169. The molecule has 2 aromatic rings. The maximum atomic E-state index is 12.7. The topological polar surface area (TPSA) is 97.8 Å². The summed E-state index contributed by atoms with van der Waals surface area (Å²) in [5.41, 5.74) is 6.99. The molecule has 3 heterocycles. The lowest BCUT2D eigenvalue weighted by Crippen LogP contribution is -2.42. The molecule has 0 radical (unpaired) electrons. The van der Waals surface area contributed by atoms with E-state index in [1.807, 2.05) is 17.6 Å². The Morgan fingerprint density at radius 1 is 1.37 bits per heavy atom. The van der Waals surface area contributed by atoms with E-state index < -0.39 is 11.4 Å². The van der Waals surface area contributed by atoms with Gasteiger partial charge >= 0.3 is 5.97 Å². The van der Waals surface area contributed by atoms with E-state index in [9.17, 15) is 14.7 Å². The zero-order chi connectivity index (χ0) is 19.5. The monoisotopic (exact) mass is 371 g/mol. The molecular weight excluding hydrogens is 346 g/mol. The summed E-state index contributed by atoms with van der Waals surface area (Å²) < 4.78 is 7.91. The second-order valence-corrected chi connectivity index (χ2v) is 8.31. The largest absolute Gasteiger partial charge is 0.487 e. The van der Waals surface area contributed by atoms with Crippen molar-refractivity contribution in [1.29, 1.82) is 0 Å². The van der Waals surface area contributed by atoms with Gasteiger partial charge in [-0.05, 0) is 45.2 Å². The van der Waals surface area contributed by atoms with Crippen molar-refractivity contribution in [2.45, 2.75) is 38.8 Å². The molecule has 27 heavy (non-hydrogen) atoms. The van der Waals surface area contributed by atoms with Crippen molar-refractivity contribution < 1.29 is 14.6 Å². The van der Waals surface area contributed by atoms with E-state index in [2.05, 4.69) is 18.7 Å². The first-order chi connectivity index (χ1) is 12.7. The van der Waals surface area contributed by atoms with Crippen LogP contribution in [0.15, 0.2) is 23.1 Å². The highest BCUT2D eigenvalue weighted by atomic mass is 16.5. The molecule has 1 fully saturated rings. The van der Waals surface area contributed by atoms with Gasteiger partial charge in [0.1, 0.15) is 12.2 Å². The summed E-state index contributed by atoms with van der Waals surface area (Å²) in [6.07, 6.45) is 2.45. The van der Waals surface area contributed by atoms with Gasteiger partial charge in [0.15, 0.2) is 5.75 Å². The summed E-state index contributed by atoms with van der Waals surface area (Å²) in [6.45, 7) is 8.19. The SMILES string of the molecule is C[C@H]1COc2c(N3CC[C@@H](C(C)(C)N)C3)ccc3c(=O)c(C(=O)O)cn1c23. The highest BCUT2D eigenvalue weighted by Gasteiger charge is 2.35. The molecule has 0 amide bonds. The van der Waals surface area contributed by atoms with Crippen LogP contribution in [0.2, 0.25) is 0 Å². The number of anilines is 1. The molecule has 1 aromatic carbocycles. The number of aromatic carboxylic acids is 1. The molecule has 1 aromatic heterocycles. The van der Waals surface area contributed by atoms with Gasteiger partial charge in [-0.1, -0.05) is 0 Å². The fourth-order valence-corrected chi connectivity index (χ4v) is 4.17. The van der Waals surface area contributed by atoms with Crippen molar-refractivity contribution in [2.75, 3.05) is 24.6 Å². The zero-order valence-corrected chi connectivity index (χ0v) is 15.9. The van der Waals surface area contributed by atoms with E-state index in [1.54, 1.807) is 6.07 Å². The van der Waals surface area contributed by atoms with Crippen molar-refractivity contribution >= 4 is 22.6 Å². The van der Waals surface area contributed by atoms with E-state index in [0.717, 1.165) is 25.2 Å². The van der Waals surface area contributed by atoms with Gasteiger partial charge in [-0.2, -0.15) is 0 Å². The molecule has 0 aliphatic carbocycles. The summed E-state index contributed by atoms with van der Waals surface area (Å²) in [5, 5.41) is 9.77. The first kappa shape index (κ1) is 17.9. The Labute approximate surface area is 157 Å². The highest BCUT2D eigenvalue weighted by Crippen LogP contribution is 2.42. The number of hydrogen-bond donors (Lipinski definition) is 2. The second kappa shape index (κ2) is 5.99. The summed E-state index contributed by atoms with van der Waals surface area (Å²) >= 11 is 0. The molecule has 3 N–H and O–H groups in total. The van der Waals surface area contributed by atoms with Crippen LogP contribution in [0, 0.1) is 5.92 Å². The Morgan fingerprint density at radius 2 is 2.11 bits per heavy atom. The number of rotatable bonds is 3. The number of pyridine rings is 1. The van der Waals surface area contributed by atoms with Crippen molar-refractivity contribution in [1.82, 2.24) is 4.57 Å². The molecule has 2 aliphatic heterocycles. The zero-order valence-electron chi connectivity index (χ0n) is 15.9. The number of carboxylic acids is 1. The van der Waals surface area contributed by atoms with Gasteiger partial charge in [-0.15, -0.1) is 0 Å². The molecule has 0 bridgehead atoms. The van der Waals surface area contributed by atoms with Gasteiger partial charge < -0.3 is 25.0 Å². The maximum Gasteiger partial charge on any atom is 0.341 e. The smallest absolute Gasteiger partial charge is 0.341 e. The van der Waals surface area contributed by atoms with Crippen LogP contribution in [0.5, 0.6) is 5.75 Å². The Bertz CT molecular complexity index is 989. The minimum absolute atomic E-state index is 0.0525. The van der Waals surface area contributed by atoms with Gasteiger partial charge in [0.2, 0.25) is 5.43 Å². The molecule has 2 aliphatic rings. The van der Waals surface area contributed by atoms with Gasteiger partial charge in [0, 0.05) is 24.8 Å². The maximum absolute atomic E-state index is 12.7. The van der Waals surface area contributed by atoms with Crippen LogP contribution in [-0.2, 0) is 0 Å². The molecule has 2 atom stereocenters. The first-order valence-corrected chi connectivity index (χ1v) is 9.30. The van der Waals surface area contributed by atoms with Crippen LogP contribution in [0.4, 0.5) is 5.69 Å². The standard InChI is InChI=1S/C20H25N3O4/c1-11-10-27-18-15(22-7-6-12(8-22)20(2,3)21)5-4-13-16(18)23(11)9-14(17(13)24)19(25)26/h4-5,9,11-12H,6-8,10,21H2,1-3H3,(H,25,26)/t11-,12+/m0/s1. The van der Waals surface area contributed by atoms with Crippen molar-refractivity contribution in [2.24, 2.45) is 11.7 Å². The minimum atomic E-state index is -1.21. The first-order valence-electron chi connectivity index (χ1n) is 9.30. The van der Waals surface area contributed by atoms with Crippen LogP contribution in [-0.4, -0.2) is 40.9 Å². The lowest BCUT2D eigenvalue weighted by molar-refractivity contribution is 0.0694. The molecule has 7 heteroatoms. The van der Waals surface area contributed by atoms with Crippen LogP contribution in [0.1, 0.15) is 43.6 Å². The van der Waals surface area contributed by atoms with E-state index in [4.69, 9.17) is 10.5 Å². The molecule has 0 saturated carbocycles. The molecular formula is C20H25N3O4. The van der Waals surface area contributed by atoms with Gasteiger partial charge in [-0.3, -0.25) is 4.79 Å². The summed E-state index contributed by atoms with van der Waals surface area (Å²) in [6, 6.07) is 3.54. The number of aromatic nitrogens is 1. The van der Waals surface area contributed by atoms with Crippen molar-refractivity contribution in [3.63, 3.8) is 0 Å². The molecule has 7 nitrogen and oxygen atoms in total. The third-order valence-electron chi connectivity index (χ3n) is 5.88. The van der Waals surface area contributed by atoms with Gasteiger partial charge in [0.25, 0.3) is 0 Å². The predicted molar refractivity (Wildman–Crippen MR) is 104 cm³/mol. The molecule has 0 spiro atoms. The summed E-state index contributed by atoms with van der Waals surface area (Å²) in [4.78, 5) is 26.4.